The Morgan fingerprint density at radius 1 is 0.310 bits per heavy atom. The van der Waals surface area contributed by atoms with E-state index in [1.165, 1.54) is 116 Å². The Hall–Kier alpha value is -2.36. The van der Waals surface area contributed by atoms with Gasteiger partial charge in [0.15, 0.2) is 6.10 Å². The minimum atomic E-state index is -4.90. The summed E-state index contributed by atoms with van der Waals surface area (Å²) in [6.07, 6.45) is 29.0. The Balaban J connectivity index is 0. The number of phosphoric acid groups is 1. The molecule has 29 heteroatoms. The van der Waals surface area contributed by atoms with Crippen LogP contribution in [0.5, 0.6) is 0 Å². The number of quaternary nitrogens is 1. The Morgan fingerprint density at radius 3 is 0.840 bits per heavy atom. The molecule has 5 N–H and O–H groups in total. The molecule has 1 amide bonds. The Bertz CT molecular complexity index is 1690. The molecule has 0 aromatic rings. The molecule has 0 spiro atoms. The largest absolute Gasteiger partial charge is 0.756 e. The van der Waals surface area contributed by atoms with Gasteiger partial charge in [-0.1, -0.05) is 168 Å². The SMILES string of the molecule is CCCCCCCCCCCCCCCC(=O)OC[C@H](COP(=O)([O-])OCCNC(=O)OCCOCCOCCOCCOCCOCCOCCOCCOCCOCCOCCOCCOCCOCCOCCOCCOC)OC(=O)CCCCCCCCCCCCCCC.[NH4+]. The van der Waals surface area contributed by atoms with Crippen LogP contribution < -0.4 is 16.4 Å². The van der Waals surface area contributed by atoms with Crippen molar-refractivity contribution >= 4 is 25.9 Å². The van der Waals surface area contributed by atoms with Gasteiger partial charge in [-0.3, -0.25) is 14.2 Å². The number of nitrogens with one attached hydrogen (secondary N) is 1. The molecule has 0 fully saturated rings. The molecule has 0 aliphatic rings. The van der Waals surface area contributed by atoms with E-state index in [2.05, 4.69) is 19.2 Å². The zero-order valence-corrected chi connectivity index (χ0v) is 63.8. The third-order valence-electron chi connectivity index (χ3n) is 14.8. The van der Waals surface area contributed by atoms with Crippen molar-refractivity contribution in [2.75, 3.05) is 245 Å². The van der Waals surface area contributed by atoms with Gasteiger partial charge in [0.05, 0.1) is 218 Å². The van der Waals surface area contributed by atoms with Crippen molar-refractivity contribution in [2.24, 2.45) is 0 Å². The van der Waals surface area contributed by atoms with Gasteiger partial charge in [-0.05, 0) is 12.8 Å². The summed E-state index contributed by atoms with van der Waals surface area (Å²) >= 11 is 0. The molecule has 28 nitrogen and oxygen atoms in total. The molecule has 0 aliphatic carbocycles. The van der Waals surface area contributed by atoms with E-state index in [9.17, 15) is 23.8 Å². The lowest BCUT2D eigenvalue weighted by Gasteiger charge is -2.25. The first-order valence-electron chi connectivity index (χ1n) is 37.7. The lowest BCUT2D eigenvalue weighted by Crippen LogP contribution is -2.31. The summed E-state index contributed by atoms with van der Waals surface area (Å²) in [5, 5.41) is 2.40. The average Bonchev–Trinajstić information content (AvgIpc) is 1.28. The number of hydrogen-bond donors (Lipinski definition) is 2. The Kier molecular flexibility index (Phi) is 85.3. The van der Waals surface area contributed by atoms with Gasteiger partial charge in [0.2, 0.25) is 0 Å². The first-order chi connectivity index (χ1) is 48.7. The lowest BCUT2D eigenvalue weighted by atomic mass is 10.0. The molecule has 100 heavy (non-hydrogen) atoms. The number of carbonyl (C=O) groups excluding carboxylic acids is 3. The summed E-state index contributed by atoms with van der Waals surface area (Å²) in [7, 11) is -3.26. The summed E-state index contributed by atoms with van der Waals surface area (Å²) in [5.41, 5.74) is 0. The number of esters is 2. The molecule has 0 aromatic carbocycles. The third-order valence-corrected chi connectivity index (χ3v) is 15.8. The van der Waals surface area contributed by atoms with Crippen molar-refractivity contribution in [3.8, 4) is 0 Å². The number of hydrogen-bond acceptors (Lipinski definition) is 26. The van der Waals surface area contributed by atoms with Crippen LogP contribution in [0.15, 0.2) is 0 Å². The van der Waals surface area contributed by atoms with Crippen LogP contribution in [-0.2, 0) is 113 Å². The van der Waals surface area contributed by atoms with Gasteiger partial charge in [0.25, 0.3) is 7.82 Å². The summed E-state index contributed by atoms with van der Waals surface area (Å²) in [5.74, 6) is -0.972. The normalized spacial score (nSPS) is 12.4. The van der Waals surface area contributed by atoms with Crippen LogP contribution in [0, 0.1) is 0 Å². The maximum Gasteiger partial charge on any atom is 0.407 e. The predicted octanol–water partition coefficient (Wildman–Crippen LogP) is 10.9. The first kappa shape index (κ1) is 99.7. The predicted molar refractivity (Wildman–Crippen MR) is 380 cm³/mol. The van der Waals surface area contributed by atoms with Crippen LogP contribution >= 0.6 is 7.82 Å². The highest BCUT2D eigenvalue weighted by Crippen LogP contribution is 2.38. The van der Waals surface area contributed by atoms with Crippen LogP contribution in [0.2, 0.25) is 0 Å². The number of phosphoric ester groups is 1. The number of rotatable bonds is 86. The third kappa shape index (κ3) is 84.6. The average molecular weight is 1470 g/mol. The molecule has 0 saturated heterocycles. The van der Waals surface area contributed by atoms with Gasteiger partial charge >= 0.3 is 18.0 Å². The molecule has 1 unspecified atom stereocenters. The van der Waals surface area contributed by atoms with E-state index in [0.717, 1.165) is 38.5 Å². The Labute approximate surface area is 602 Å². The fraction of sp³-hybridized carbons (Fsp3) is 0.958. The molecule has 0 aliphatic heterocycles. The van der Waals surface area contributed by atoms with Crippen molar-refractivity contribution in [2.45, 2.75) is 200 Å². The molecule has 0 heterocycles. The number of methoxy groups -OCH3 is 1. The quantitative estimate of drug-likeness (QED) is 0.0247. The monoisotopic (exact) mass is 1470 g/mol. The number of carbonyl (C=O) groups is 3. The highest BCUT2D eigenvalue weighted by molar-refractivity contribution is 7.45. The van der Waals surface area contributed by atoms with Crippen molar-refractivity contribution in [1.29, 1.82) is 0 Å². The second-order valence-electron chi connectivity index (χ2n) is 23.6. The van der Waals surface area contributed by atoms with E-state index in [0.29, 0.717) is 204 Å². The van der Waals surface area contributed by atoms with Gasteiger partial charge < -0.3 is 115 Å². The summed E-state index contributed by atoms with van der Waals surface area (Å²) < 4.78 is 126. The van der Waals surface area contributed by atoms with Gasteiger partial charge in [0, 0.05) is 26.5 Å². The summed E-state index contributed by atoms with van der Waals surface area (Å²) in [6, 6.07) is 0. The topological polar surface area (TPSA) is 334 Å². The lowest BCUT2D eigenvalue weighted by molar-refractivity contribution is -0.228. The van der Waals surface area contributed by atoms with E-state index in [1.54, 1.807) is 7.11 Å². The molecule has 0 aromatic heterocycles. The zero-order valence-electron chi connectivity index (χ0n) is 62.9. The van der Waals surface area contributed by atoms with Gasteiger partial charge in [0.1, 0.15) is 13.2 Å². The smallest absolute Gasteiger partial charge is 0.407 e. The second-order valence-corrected chi connectivity index (χ2v) is 25.0. The molecule has 0 saturated carbocycles. The van der Waals surface area contributed by atoms with E-state index in [4.69, 9.17) is 99.0 Å². The summed E-state index contributed by atoms with van der Waals surface area (Å²) in [4.78, 5) is 50.3. The molecule has 0 bridgehead atoms. The molecular formula is C71H143N2O26P. The highest BCUT2D eigenvalue weighted by atomic mass is 31.2. The van der Waals surface area contributed by atoms with Crippen LogP contribution in [0.25, 0.3) is 0 Å². The molecule has 2 atom stereocenters. The number of alkyl carbamates (subject to hydrolysis) is 1. The fourth-order valence-corrected chi connectivity index (χ4v) is 10.0. The molecular weight excluding hydrogens is 1330 g/mol. The minimum absolute atomic E-state index is 0. The van der Waals surface area contributed by atoms with Crippen LogP contribution in [0.1, 0.15) is 194 Å². The van der Waals surface area contributed by atoms with Crippen molar-refractivity contribution in [1.82, 2.24) is 11.5 Å². The number of ether oxygens (including phenoxy) is 19. The highest BCUT2D eigenvalue weighted by Gasteiger charge is 2.21. The van der Waals surface area contributed by atoms with E-state index in [1.807, 2.05) is 0 Å². The van der Waals surface area contributed by atoms with E-state index >= 15 is 0 Å². The second kappa shape index (κ2) is 85.6. The fourth-order valence-electron chi connectivity index (χ4n) is 9.28. The first-order valence-corrected chi connectivity index (χ1v) is 39.2. The van der Waals surface area contributed by atoms with Crippen molar-refractivity contribution in [3.63, 3.8) is 0 Å². The van der Waals surface area contributed by atoms with Gasteiger partial charge in [-0.2, -0.15) is 0 Å². The van der Waals surface area contributed by atoms with Gasteiger partial charge in [-0.25, -0.2) is 4.79 Å². The molecule has 598 valence electrons. The van der Waals surface area contributed by atoms with Crippen molar-refractivity contribution < 1.29 is 123 Å². The maximum absolute atomic E-state index is 12.8. The standard InChI is InChI=1S/C71H140NO26P.H3N/c1-4-6-8-10-12-14-16-18-20-22-24-26-28-30-69(73)95-66-68(98-70(74)31-29-27-25-23-21-19-17-15-13-11-9-7-5-2)67-97-99(76,77)96-33-32-72-71(75)94-65-64-93-63-62-92-61-60-91-59-58-90-57-56-89-55-54-88-53-52-87-51-50-86-49-48-85-47-46-84-45-44-83-43-42-82-41-40-81-39-38-80-37-36-79-35-34-78-3;/h68H,4-67H2,1-3H3,(H,72,75)(H,76,77);1H3/t68-;/m1./s1. The van der Waals surface area contributed by atoms with Crippen molar-refractivity contribution in [3.05, 3.63) is 0 Å². The van der Waals surface area contributed by atoms with Crippen LogP contribution in [0.4, 0.5) is 4.79 Å². The van der Waals surface area contributed by atoms with Crippen LogP contribution in [-0.4, -0.2) is 269 Å². The van der Waals surface area contributed by atoms with Crippen LogP contribution in [0.3, 0.4) is 0 Å². The number of amides is 1. The number of unbranched alkanes of at least 4 members (excludes halogenated alkanes) is 24. The van der Waals surface area contributed by atoms with E-state index < -0.39 is 45.2 Å². The van der Waals surface area contributed by atoms with E-state index in [-0.39, 0.29) is 52.0 Å². The Morgan fingerprint density at radius 2 is 0.560 bits per heavy atom. The van der Waals surface area contributed by atoms with Gasteiger partial charge in [-0.15, -0.1) is 0 Å². The molecule has 0 rings (SSSR count). The summed E-state index contributed by atoms with van der Waals surface area (Å²) in [6.45, 7) is 16.8. The zero-order chi connectivity index (χ0) is 71.6. The molecule has 0 radical (unpaired) electrons. The maximum atomic E-state index is 12.8. The minimum Gasteiger partial charge on any atom is -0.756 e.